The van der Waals surface area contributed by atoms with Crippen molar-refractivity contribution < 1.29 is 14.0 Å². The largest absolute Gasteiger partial charge is 0.348 e. The third kappa shape index (κ3) is 2.82. The first-order valence-electron chi connectivity index (χ1n) is 8.06. The van der Waals surface area contributed by atoms with Gasteiger partial charge in [0.25, 0.3) is 11.8 Å². The van der Waals surface area contributed by atoms with Crippen molar-refractivity contribution in [3.05, 3.63) is 83.3 Å². The van der Waals surface area contributed by atoms with Crippen molar-refractivity contribution in [1.82, 2.24) is 10.3 Å². The zero-order valence-electron chi connectivity index (χ0n) is 13.6. The second kappa shape index (κ2) is 6.40. The van der Waals surface area contributed by atoms with Crippen LogP contribution in [0.1, 0.15) is 26.3 Å². The summed E-state index contributed by atoms with van der Waals surface area (Å²) in [6, 6.07) is 14.8. The summed E-state index contributed by atoms with van der Waals surface area (Å²) in [4.78, 5) is 29.0. The molecule has 1 aromatic heterocycles. The average molecular weight is 347 g/mol. The van der Waals surface area contributed by atoms with Gasteiger partial charge >= 0.3 is 0 Å². The van der Waals surface area contributed by atoms with Crippen molar-refractivity contribution in [3.8, 4) is 11.1 Å². The summed E-state index contributed by atoms with van der Waals surface area (Å²) in [5.74, 6) is -0.956. The van der Waals surface area contributed by atoms with E-state index in [1.54, 1.807) is 6.20 Å². The molecule has 1 aliphatic heterocycles. The summed E-state index contributed by atoms with van der Waals surface area (Å²) in [5.41, 5.74) is 3.24. The van der Waals surface area contributed by atoms with E-state index in [0.717, 1.165) is 16.7 Å². The van der Waals surface area contributed by atoms with Crippen LogP contribution >= 0.6 is 0 Å². The third-order valence-corrected chi connectivity index (χ3v) is 4.26. The molecular formula is C20H14FN3O2. The first-order valence-corrected chi connectivity index (χ1v) is 8.06. The van der Waals surface area contributed by atoms with Crippen LogP contribution in [0, 0.1) is 5.82 Å². The summed E-state index contributed by atoms with van der Waals surface area (Å²) in [7, 11) is 0. The van der Waals surface area contributed by atoms with Crippen LogP contribution < -0.4 is 10.6 Å². The van der Waals surface area contributed by atoms with Crippen molar-refractivity contribution in [2.45, 2.75) is 6.54 Å². The number of nitrogens with one attached hydrogen (secondary N) is 2. The van der Waals surface area contributed by atoms with E-state index in [1.165, 1.54) is 24.3 Å². The van der Waals surface area contributed by atoms with Crippen molar-refractivity contribution >= 4 is 17.6 Å². The van der Waals surface area contributed by atoms with Gasteiger partial charge < -0.3 is 10.6 Å². The molecule has 0 saturated heterocycles. The summed E-state index contributed by atoms with van der Waals surface area (Å²) < 4.78 is 13.0. The van der Waals surface area contributed by atoms with Crippen LogP contribution in [0.5, 0.6) is 0 Å². The number of aromatic nitrogens is 1. The lowest BCUT2D eigenvalue weighted by Crippen LogP contribution is -2.18. The number of carbonyl (C=O) groups is 2. The first-order chi connectivity index (χ1) is 12.6. The van der Waals surface area contributed by atoms with Crippen molar-refractivity contribution in [2.24, 2.45) is 0 Å². The molecule has 0 radical (unpaired) electrons. The fourth-order valence-corrected chi connectivity index (χ4v) is 2.98. The molecule has 2 aromatic carbocycles. The number of nitrogens with zero attached hydrogens (tertiary/aromatic N) is 1. The molecule has 3 aromatic rings. The molecule has 4 rings (SSSR count). The Morgan fingerprint density at radius 1 is 1.08 bits per heavy atom. The smallest absolute Gasteiger partial charge is 0.256 e. The van der Waals surface area contributed by atoms with Crippen LogP contribution in [-0.4, -0.2) is 16.8 Å². The minimum atomic E-state index is -0.452. The Hall–Kier alpha value is -3.54. The van der Waals surface area contributed by atoms with Gasteiger partial charge in [0, 0.05) is 23.9 Å². The SMILES string of the molecule is O=C(Nc1ncc(-c2ccccc2)c2c1C(=O)NC2)c1ccc(F)cc1. The lowest BCUT2D eigenvalue weighted by molar-refractivity contribution is 0.0966. The minimum Gasteiger partial charge on any atom is -0.348 e. The van der Waals surface area contributed by atoms with Crippen LogP contribution in [0.4, 0.5) is 10.2 Å². The number of hydrogen-bond donors (Lipinski definition) is 2. The molecule has 0 bridgehead atoms. The number of fused-ring (bicyclic) bond motifs is 1. The van der Waals surface area contributed by atoms with Gasteiger partial charge in [0.1, 0.15) is 11.6 Å². The molecule has 26 heavy (non-hydrogen) atoms. The lowest BCUT2D eigenvalue weighted by Gasteiger charge is -2.11. The van der Waals surface area contributed by atoms with Crippen molar-refractivity contribution in [3.63, 3.8) is 0 Å². The second-order valence-electron chi connectivity index (χ2n) is 5.88. The monoisotopic (exact) mass is 347 g/mol. The van der Waals surface area contributed by atoms with Crippen LogP contribution in [0.15, 0.2) is 60.8 Å². The van der Waals surface area contributed by atoms with Gasteiger partial charge in [-0.25, -0.2) is 9.37 Å². The van der Waals surface area contributed by atoms with Gasteiger partial charge in [0.15, 0.2) is 0 Å². The molecule has 0 saturated carbocycles. The maximum Gasteiger partial charge on any atom is 0.256 e. The van der Waals surface area contributed by atoms with Gasteiger partial charge in [-0.2, -0.15) is 0 Å². The van der Waals surface area contributed by atoms with Crippen LogP contribution in [0.2, 0.25) is 0 Å². The average Bonchev–Trinajstić information content (AvgIpc) is 3.05. The summed E-state index contributed by atoms with van der Waals surface area (Å²) in [5, 5.41) is 5.43. The number of carbonyl (C=O) groups excluding carboxylic acids is 2. The zero-order chi connectivity index (χ0) is 18.1. The highest BCUT2D eigenvalue weighted by molar-refractivity contribution is 6.10. The summed E-state index contributed by atoms with van der Waals surface area (Å²) >= 11 is 0. The molecule has 1 aliphatic rings. The topological polar surface area (TPSA) is 71.1 Å². The Labute approximate surface area is 148 Å². The normalized spacial score (nSPS) is 12.4. The number of hydrogen-bond acceptors (Lipinski definition) is 3. The van der Waals surface area contributed by atoms with E-state index < -0.39 is 11.7 Å². The van der Waals surface area contributed by atoms with Gasteiger partial charge in [-0.15, -0.1) is 0 Å². The van der Waals surface area contributed by atoms with E-state index in [4.69, 9.17) is 0 Å². The first kappa shape index (κ1) is 16.0. The highest BCUT2D eigenvalue weighted by Gasteiger charge is 2.28. The molecule has 5 nitrogen and oxygen atoms in total. The molecule has 6 heteroatoms. The number of pyridine rings is 1. The predicted molar refractivity (Wildman–Crippen MR) is 95.2 cm³/mol. The maximum absolute atomic E-state index is 13.0. The Kier molecular flexibility index (Phi) is 3.93. The summed E-state index contributed by atoms with van der Waals surface area (Å²) in [6.45, 7) is 0.375. The molecular weight excluding hydrogens is 333 g/mol. The fraction of sp³-hybridized carbons (Fsp3) is 0.0500. The Balaban J connectivity index is 1.72. The Morgan fingerprint density at radius 3 is 2.54 bits per heavy atom. The highest BCUT2D eigenvalue weighted by atomic mass is 19.1. The van der Waals surface area contributed by atoms with E-state index in [9.17, 15) is 14.0 Å². The molecule has 0 fully saturated rings. The third-order valence-electron chi connectivity index (χ3n) is 4.26. The van der Waals surface area contributed by atoms with E-state index >= 15 is 0 Å². The van der Waals surface area contributed by atoms with Gasteiger partial charge in [0.05, 0.1) is 5.56 Å². The number of halogens is 1. The predicted octanol–water partition coefficient (Wildman–Crippen LogP) is 3.38. The van der Waals surface area contributed by atoms with Crippen LogP contribution in [0.3, 0.4) is 0 Å². The summed E-state index contributed by atoms with van der Waals surface area (Å²) in [6.07, 6.45) is 1.65. The molecule has 2 heterocycles. The number of rotatable bonds is 3. The van der Waals surface area contributed by atoms with Gasteiger partial charge in [-0.05, 0) is 35.4 Å². The molecule has 0 unspecified atom stereocenters. The molecule has 0 aliphatic carbocycles. The zero-order valence-corrected chi connectivity index (χ0v) is 13.6. The Bertz CT molecular complexity index is 1000. The van der Waals surface area contributed by atoms with Gasteiger partial charge in [-0.3, -0.25) is 9.59 Å². The standard InChI is InChI=1S/C20H14FN3O2/c21-14-8-6-13(7-9-14)19(25)24-18-17-16(11-23-20(17)26)15(10-22-18)12-4-2-1-3-5-12/h1-10H,11H2,(H,23,26)(H,22,24,25). The molecule has 0 spiro atoms. The quantitative estimate of drug-likeness (QED) is 0.763. The van der Waals surface area contributed by atoms with Gasteiger partial charge in [-0.1, -0.05) is 30.3 Å². The van der Waals surface area contributed by atoms with E-state index in [2.05, 4.69) is 15.6 Å². The van der Waals surface area contributed by atoms with E-state index in [-0.39, 0.29) is 17.3 Å². The van der Waals surface area contributed by atoms with Crippen LogP contribution in [0.25, 0.3) is 11.1 Å². The van der Waals surface area contributed by atoms with Crippen molar-refractivity contribution in [1.29, 1.82) is 0 Å². The molecule has 2 N–H and O–H groups in total. The Morgan fingerprint density at radius 2 is 1.81 bits per heavy atom. The van der Waals surface area contributed by atoms with Crippen LogP contribution in [-0.2, 0) is 6.54 Å². The van der Waals surface area contributed by atoms with Crippen molar-refractivity contribution in [2.75, 3.05) is 5.32 Å². The van der Waals surface area contributed by atoms with E-state index in [1.807, 2.05) is 30.3 Å². The fourth-order valence-electron chi connectivity index (χ4n) is 2.98. The lowest BCUT2D eigenvalue weighted by atomic mass is 9.99. The van der Waals surface area contributed by atoms with E-state index in [0.29, 0.717) is 12.1 Å². The molecule has 0 atom stereocenters. The molecule has 2 amide bonds. The number of benzene rings is 2. The highest BCUT2D eigenvalue weighted by Crippen LogP contribution is 2.32. The second-order valence-corrected chi connectivity index (χ2v) is 5.88. The van der Waals surface area contributed by atoms with Gasteiger partial charge in [0.2, 0.25) is 0 Å². The number of anilines is 1. The minimum absolute atomic E-state index is 0.198. The molecule has 128 valence electrons. The number of amides is 2. The maximum atomic E-state index is 13.0.